The van der Waals surface area contributed by atoms with Gasteiger partial charge in [-0.25, -0.2) is 4.98 Å². The molecule has 1 N–H and O–H groups in total. The SMILES string of the molecule is COc1cc(-c2ccc(C3(NC(=O)c4cc(C(F)(F)F)nn4C)CC3)cn2)c(C#N)cn1. The van der Waals surface area contributed by atoms with E-state index in [0.717, 1.165) is 10.7 Å². The van der Waals surface area contributed by atoms with Crippen molar-refractivity contribution in [2.24, 2.45) is 7.05 Å². The molecule has 1 amide bonds. The molecule has 0 bridgehead atoms. The van der Waals surface area contributed by atoms with Gasteiger partial charge >= 0.3 is 6.18 Å². The average Bonchev–Trinajstić information content (AvgIpc) is 3.44. The highest BCUT2D eigenvalue weighted by atomic mass is 19.4. The van der Waals surface area contributed by atoms with Gasteiger partial charge in [-0.1, -0.05) is 6.07 Å². The summed E-state index contributed by atoms with van der Waals surface area (Å²) in [7, 11) is 2.75. The second-order valence-corrected chi connectivity index (χ2v) is 7.39. The van der Waals surface area contributed by atoms with Crippen LogP contribution in [0.4, 0.5) is 13.2 Å². The predicted molar refractivity (Wildman–Crippen MR) is 105 cm³/mol. The molecule has 0 aliphatic heterocycles. The number of hydrogen-bond donors (Lipinski definition) is 1. The first-order valence-electron chi connectivity index (χ1n) is 9.51. The quantitative estimate of drug-likeness (QED) is 0.651. The number of aromatic nitrogens is 4. The van der Waals surface area contributed by atoms with E-state index in [9.17, 15) is 23.2 Å². The maximum atomic E-state index is 12.9. The maximum absolute atomic E-state index is 12.9. The van der Waals surface area contributed by atoms with Gasteiger partial charge in [0.05, 0.1) is 23.9 Å². The fourth-order valence-electron chi connectivity index (χ4n) is 3.40. The van der Waals surface area contributed by atoms with Crippen LogP contribution in [0.5, 0.6) is 5.88 Å². The van der Waals surface area contributed by atoms with Crippen LogP contribution in [-0.2, 0) is 18.8 Å². The van der Waals surface area contributed by atoms with E-state index in [0.29, 0.717) is 41.1 Å². The number of nitrogens with zero attached hydrogens (tertiary/aromatic N) is 5. The average molecular weight is 442 g/mol. The van der Waals surface area contributed by atoms with Gasteiger partial charge < -0.3 is 10.1 Å². The Bertz CT molecular complexity index is 1220. The molecule has 4 rings (SSSR count). The predicted octanol–water partition coefficient (Wildman–Crippen LogP) is 3.20. The van der Waals surface area contributed by atoms with Gasteiger partial charge in [-0.2, -0.15) is 23.5 Å². The molecule has 1 fully saturated rings. The largest absolute Gasteiger partial charge is 0.481 e. The number of halogens is 3. The molecule has 1 aliphatic carbocycles. The second-order valence-electron chi connectivity index (χ2n) is 7.39. The molecular weight excluding hydrogens is 425 g/mol. The van der Waals surface area contributed by atoms with Crippen molar-refractivity contribution < 1.29 is 22.7 Å². The first-order valence-corrected chi connectivity index (χ1v) is 9.51. The number of carbonyl (C=O) groups is 1. The van der Waals surface area contributed by atoms with Crippen molar-refractivity contribution in [3.63, 3.8) is 0 Å². The molecule has 0 aromatic carbocycles. The van der Waals surface area contributed by atoms with Gasteiger partial charge in [0, 0.05) is 37.1 Å². The van der Waals surface area contributed by atoms with Crippen molar-refractivity contribution in [1.82, 2.24) is 25.1 Å². The van der Waals surface area contributed by atoms with Crippen LogP contribution < -0.4 is 10.1 Å². The lowest BCUT2D eigenvalue weighted by molar-refractivity contribution is -0.141. The van der Waals surface area contributed by atoms with Crippen LogP contribution in [0.1, 0.15) is 40.2 Å². The van der Waals surface area contributed by atoms with Gasteiger partial charge in [-0.15, -0.1) is 0 Å². The first kappa shape index (κ1) is 21.3. The maximum Gasteiger partial charge on any atom is 0.435 e. The topological polar surface area (TPSA) is 106 Å². The normalized spacial score (nSPS) is 14.5. The molecule has 164 valence electrons. The number of aryl methyl sites for hydroxylation is 1. The summed E-state index contributed by atoms with van der Waals surface area (Å²) in [5.41, 5.74) is 0.102. The van der Waals surface area contributed by atoms with E-state index >= 15 is 0 Å². The Kier molecular flexibility index (Phi) is 5.08. The summed E-state index contributed by atoms with van der Waals surface area (Å²) in [6.07, 6.45) is -0.408. The van der Waals surface area contributed by atoms with Crippen LogP contribution in [-0.4, -0.2) is 32.8 Å². The number of hydrogen-bond acceptors (Lipinski definition) is 6. The summed E-state index contributed by atoms with van der Waals surface area (Å²) in [4.78, 5) is 21.1. The van der Waals surface area contributed by atoms with Crippen LogP contribution in [0.15, 0.2) is 36.7 Å². The van der Waals surface area contributed by atoms with E-state index in [-0.39, 0.29) is 5.69 Å². The fourth-order valence-corrected chi connectivity index (χ4v) is 3.40. The molecule has 0 saturated heterocycles. The van der Waals surface area contributed by atoms with E-state index < -0.39 is 23.3 Å². The van der Waals surface area contributed by atoms with Gasteiger partial charge in [0.2, 0.25) is 5.88 Å². The Hall–Kier alpha value is -3.94. The van der Waals surface area contributed by atoms with Crippen molar-refractivity contribution in [2.75, 3.05) is 7.11 Å². The van der Waals surface area contributed by atoms with Crippen molar-refractivity contribution >= 4 is 5.91 Å². The van der Waals surface area contributed by atoms with Gasteiger partial charge in [0.15, 0.2) is 5.69 Å². The molecule has 1 saturated carbocycles. The number of carbonyl (C=O) groups excluding carboxylic acids is 1. The zero-order valence-electron chi connectivity index (χ0n) is 17.1. The summed E-state index contributed by atoms with van der Waals surface area (Å²) in [6, 6.07) is 7.88. The molecule has 32 heavy (non-hydrogen) atoms. The lowest BCUT2D eigenvalue weighted by Gasteiger charge is -2.18. The van der Waals surface area contributed by atoms with Crippen LogP contribution >= 0.6 is 0 Å². The summed E-state index contributed by atoms with van der Waals surface area (Å²) in [5, 5.41) is 15.5. The number of pyridine rings is 2. The van der Waals surface area contributed by atoms with Crippen molar-refractivity contribution in [1.29, 1.82) is 5.26 Å². The molecular formula is C21H17F3N6O2. The first-order chi connectivity index (χ1) is 15.2. The van der Waals surface area contributed by atoms with Gasteiger partial charge in [0.25, 0.3) is 5.91 Å². The number of amides is 1. The van der Waals surface area contributed by atoms with Crippen molar-refractivity contribution in [2.45, 2.75) is 24.6 Å². The van der Waals surface area contributed by atoms with Crippen LogP contribution in [0.3, 0.4) is 0 Å². The van der Waals surface area contributed by atoms with E-state index in [1.807, 2.05) is 0 Å². The minimum atomic E-state index is -4.63. The van der Waals surface area contributed by atoms with E-state index in [1.165, 1.54) is 20.4 Å². The van der Waals surface area contributed by atoms with Crippen molar-refractivity contribution in [3.05, 3.63) is 59.2 Å². The fraction of sp³-hybridized carbons (Fsp3) is 0.286. The van der Waals surface area contributed by atoms with E-state index in [2.05, 4.69) is 26.5 Å². The van der Waals surface area contributed by atoms with E-state index in [4.69, 9.17) is 4.74 Å². The molecule has 0 spiro atoms. The molecule has 0 unspecified atom stereocenters. The standard InChI is InChI=1S/C21H17F3N6O2/c1-30-16(8-17(29-30)21(22,23)24)19(31)28-20(5-6-20)13-3-4-15(26-11-13)14-7-18(32-2)27-10-12(14)9-25/h3-4,7-8,10-11H,5-6H2,1-2H3,(H,28,31). The Labute approximate surface area is 180 Å². The smallest absolute Gasteiger partial charge is 0.435 e. The Morgan fingerprint density at radius 3 is 2.53 bits per heavy atom. The van der Waals surface area contributed by atoms with Gasteiger partial charge in [0.1, 0.15) is 11.8 Å². The van der Waals surface area contributed by atoms with E-state index in [1.54, 1.807) is 24.4 Å². The summed E-state index contributed by atoms with van der Waals surface area (Å²) >= 11 is 0. The number of ether oxygens (including phenoxy) is 1. The van der Waals surface area contributed by atoms with Gasteiger partial charge in [-0.3, -0.25) is 14.5 Å². The molecule has 3 aromatic rings. The molecule has 0 atom stereocenters. The molecule has 1 aliphatic rings. The summed E-state index contributed by atoms with van der Waals surface area (Å²) in [5.74, 6) is -0.312. The number of nitrogens with one attached hydrogen (secondary N) is 1. The van der Waals surface area contributed by atoms with Gasteiger partial charge in [-0.05, 0) is 24.5 Å². The molecule has 8 nitrogen and oxygen atoms in total. The van der Waals surface area contributed by atoms with Crippen LogP contribution in [0.2, 0.25) is 0 Å². The zero-order valence-corrected chi connectivity index (χ0v) is 17.1. The Balaban J connectivity index is 1.57. The monoisotopic (exact) mass is 442 g/mol. The molecule has 11 heteroatoms. The Morgan fingerprint density at radius 2 is 2.00 bits per heavy atom. The highest BCUT2D eigenvalue weighted by Gasteiger charge is 2.46. The number of methoxy groups -OCH3 is 1. The third-order valence-electron chi connectivity index (χ3n) is 5.31. The summed E-state index contributed by atoms with van der Waals surface area (Å²) < 4.78 is 44.7. The van der Waals surface area contributed by atoms with Crippen molar-refractivity contribution in [3.8, 4) is 23.2 Å². The lowest BCUT2D eigenvalue weighted by Crippen LogP contribution is -2.36. The third kappa shape index (κ3) is 3.87. The minimum Gasteiger partial charge on any atom is -0.481 e. The third-order valence-corrected chi connectivity index (χ3v) is 5.31. The Morgan fingerprint density at radius 1 is 1.25 bits per heavy atom. The minimum absolute atomic E-state index is 0.185. The molecule has 0 radical (unpaired) electrons. The number of nitriles is 1. The highest BCUT2D eigenvalue weighted by Crippen LogP contribution is 2.46. The zero-order chi connectivity index (χ0) is 23.1. The molecule has 3 heterocycles. The number of alkyl halides is 3. The number of rotatable bonds is 5. The molecule has 3 aromatic heterocycles. The summed E-state index contributed by atoms with van der Waals surface area (Å²) in [6.45, 7) is 0. The van der Waals surface area contributed by atoms with Crippen LogP contribution in [0, 0.1) is 11.3 Å². The van der Waals surface area contributed by atoms with Crippen LogP contribution in [0.25, 0.3) is 11.3 Å². The lowest BCUT2D eigenvalue weighted by atomic mass is 10.0. The highest BCUT2D eigenvalue weighted by molar-refractivity contribution is 5.93. The second kappa shape index (κ2) is 7.64.